The highest BCUT2D eigenvalue weighted by molar-refractivity contribution is 7.98. The summed E-state index contributed by atoms with van der Waals surface area (Å²) in [5.41, 5.74) is 5.39. The Bertz CT molecular complexity index is 1230. The molecule has 164 valence electrons. The number of rotatable bonds is 9. The minimum absolute atomic E-state index is 0.339. The molecule has 0 atom stereocenters. The van der Waals surface area contributed by atoms with Gasteiger partial charge in [0.25, 0.3) is 0 Å². The number of ether oxygens (including phenoxy) is 1. The van der Waals surface area contributed by atoms with Crippen molar-refractivity contribution < 1.29 is 9.15 Å². The summed E-state index contributed by atoms with van der Waals surface area (Å²) in [5.74, 6) is 2.83. The summed E-state index contributed by atoms with van der Waals surface area (Å²) in [7, 11) is 0. The van der Waals surface area contributed by atoms with E-state index in [9.17, 15) is 0 Å². The molecule has 0 amide bonds. The molecule has 2 aromatic carbocycles. The van der Waals surface area contributed by atoms with Gasteiger partial charge in [-0.25, -0.2) is 4.98 Å². The maximum absolute atomic E-state index is 5.91. The van der Waals surface area contributed by atoms with Crippen molar-refractivity contribution in [3.63, 3.8) is 0 Å². The van der Waals surface area contributed by atoms with Gasteiger partial charge in [-0.2, -0.15) is 0 Å². The van der Waals surface area contributed by atoms with Gasteiger partial charge in [-0.05, 0) is 50.1 Å². The highest BCUT2D eigenvalue weighted by Gasteiger charge is 2.15. The van der Waals surface area contributed by atoms with Crippen LogP contribution in [0.3, 0.4) is 0 Å². The number of hydrogen-bond donors (Lipinski definition) is 0. The van der Waals surface area contributed by atoms with Gasteiger partial charge in [-0.1, -0.05) is 47.7 Å². The normalized spacial score (nSPS) is 11.0. The second-order valence-corrected chi connectivity index (χ2v) is 8.60. The number of oxazole rings is 1. The topological polar surface area (TPSA) is 66.0 Å². The van der Waals surface area contributed by atoms with E-state index in [4.69, 9.17) is 9.15 Å². The van der Waals surface area contributed by atoms with Gasteiger partial charge in [0.2, 0.25) is 5.89 Å². The molecule has 0 unspecified atom stereocenters. The van der Waals surface area contributed by atoms with Crippen LogP contribution in [-0.4, -0.2) is 19.7 Å². The van der Waals surface area contributed by atoms with Gasteiger partial charge in [0, 0.05) is 17.9 Å². The number of nitrogens with zero attached hydrogens (tertiary/aromatic N) is 4. The molecular formula is C25H26N4O2S. The molecule has 0 aliphatic heterocycles. The molecule has 6 nitrogen and oxygen atoms in total. The van der Waals surface area contributed by atoms with E-state index in [0.717, 1.165) is 39.1 Å². The van der Waals surface area contributed by atoms with Crippen molar-refractivity contribution in [2.75, 3.05) is 0 Å². The second-order valence-electron chi connectivity index (χ2n) is 7.65. The summed E-state index contributed by atoms with van der Waals surface area (Å²) in [6.45, 7) is 11.0. The molecule has 0 aliphatic rings. The van der Waals surface area contributed by atoms with E-state index < -0.39 is 0 Å². The van der Waals surface area contributed by atoms with E-state index in [1.54, 1.807) is 18.0 Å². The van der Waals surface area contributed by atoms with Crippen LogP contribution in [0.2, 0.25) is 0 Å². The number of thioether (sulfide) groups is 1. The van der Waals surface area contributed by atoms with Gasteiger partial charge >= 0.3 is 0 Å². The lowest BCUT2D eigenvalue weighted by Crippen LogP contribution is -2.07. The zero-order valence-corrected chi connectivity index (χ0v) is 19.4. The highest BCUT2D eigenvalue weighted by Crippen LogP contribution is 2.27. The molecule has 0 bridgehead atoms. The minimum Gasteiger partial charge on any atom is -0.486 e. The fraction of sp³-hybridized carbons (Fsp3) is 0.240. The lowest BCUT2D eigenvalue weighted by molar-refractivity contribution is 0.289. The van der Waals surface area contributed by atoms with Gasteiger partial charge in [-0.3, -0.25) is 4.57 Å². The summed E-state index contributed by atoms with van der Waals surface area (Å²) < 4.78 is 13.7. The van der Waals surface area contributed by atoms with Crippen molar-refractivity contribution in [3.8, 4) is 17.2 Å². The first-order valence-electron chi connectivity index (χ1n) is 10.4. The van der Waals surface area contributed by atoms with Crippen LogP contribution >= 0.6 is 11.8 Å². The van der Waals surface area contributed by atoms with Gasteiger partial charge in [-0.15, -0.1) is 16.8 Å². The first-order chi connectivity index (χ1) is 15.5. The largest absolute Gasteiger partial charge is 0.486 e. The fourth-order valence-electron chi connectivity index (χ4n) is 3.39. The zero-order chi connectivity index (χ0) is 22.5. The Balaban J connectivity index is 1.44. The maximum atomic E-state index is 5.91. The summed E-state index contributed by atoms with van der Waals surface area (Å²) in [6, 6.07) is 14.2. The van der Waals surface area contributed by atoms with Crippen LogP contribution in [0.4, 0.5) is 0 Å². The van der Waals surface area contributed by atoms with E-state index >= 15 is 0 Å². The maximum Gasteiger partial charge on any atom is 0.226 e. The van der Waals surface area contributed by atoms with E-state index in [1.165, 1.54) is 5.56 Å². The first-order valence-corrected chi connectivity index (χ1v) is 11.4. The fourth-order valence-corrected chi connectivity index (χ4v) is 4.23. The number of aryl methyl sites for hydroxylation is 3. The Morgan fingerprint density at radius 1 is 1.09 bits per heavy atom. The molecule has 0 spiro atoms. The number of benzene rings is 2. The third kappa shape index (κ3) is 5.11. The number of allylic oxidation sites excluding steroid dienone is 1. The van der Waals surface area contributed by atoms with Gasteiger partial charge in [0.1, 0.15) is 18.6 Å². The van der Waals surface area contributed by atoms with Crippen LogP contribution in [0.15, 0.2) is 71.0 Å². The van der Waals surface area contributed by atoms with E-state index in [2.05, 4.69) is 53.8 Å². The molecule has 0 radical (unpaired) electrons. The van der Waals surface area contributed by atoms with Crippen molar-refractivity contribution in [2.24, 2.45) is 0 Å². The number of hydrogen-bond acceptors (Lipinski definition) is 6. The van der Waals surface area contributed by atoms with E-state index in [-0.39, 0.29) is 0 Å². The van der Waals surface area contributed by atoms with Crippen LogP contribution in [0, 0.1) is 20.8 Å². The van der Waals surface area contributed by atoms with Crippen LogP contribution in [-0.2, 0) is 18.9 Å². The Morgan fingerprint density at radius 3 is 2.72 bits per heavy atom. The SMILES string of the molecule is C=CCn1c(COc2cccc(C)c2)nnc1SCc1coc(-c2ccc(C)cc2C)n1. The monoisotopic (exact) mass is 446 g/mol. The lowest BCUT2D eigenvalue weighted by atomic mass is 10.1. The van der Waals surface area contributed by atoms with Crippen molar-refractivity contribution in [2.45, 2.75) is 44.8 Å². The first kappa shape index (κ1) is 21.9. The second kappa shape index (κ2) is 9.87. The lowest BCUT2D eigenvalue weighted by Gasteiger charge is -2.09. The van der Waals surface area contributed by atoms with Crippen LogP contribution in [0.5, 0.6) is 5.75 Å². The molecule has 0 aliphatic carbocycles. The summed E-state index contributed by atoms with van der Waals surface area (Å²) in [4.78, 5) is 4.66. The zero-order valence-electron chi connectivity index (χ0n) is 18.5. The van der Waals surface area contributed by atoms with Gasteiger partial charge < -0.3 is 9.15 Å². The Labute approximate surface area is 192 Å². The van der Waals surface area contributed by atoms with Crippen LogP contribution < -0.4 is 4.74 Å². The summed E-state index contributed by atoms with van der Waals surface area (Å²) in [6.07, 6.45) is 3.54. The smallest absolute Gasteiger partial charge is 0.226 e. The van der Waals surface area contributed by atoms with Crippen LogP contribution in [0.1, 0.15) is 28.2 Å². The minimum atomic E-state index is 0.339. The molecule has 2 heterocycles. The third-order valence-corrected chi connectivity index (χ3v) is 5.98. The van der Waals surface area contributed by atoms with Crippen molar-refractivity contribution in [1.29, 1.82) is 0 Å². The molecule has 0 saturated heterocycles. The van der Waals surface area contributed by atoms with Gasteiger partial charge in [0.15, 0.2) is 11.0 Å². The summed E-state index contributed by atoms with van der Waals surface area (Å²) >= 11 is 1.56. The van der Waals surface area contributed by atoms with Crippen molar-refractivity contribution in [3.05, 3.63) is 89.6 Å². The molecule has 0 saturated carbocycles. The molecule has 2 aromatic heterocycles. The molecule has 0 N–H and O–H groups in total. The molecule has 4 aromatic rings. The van der Waals surface area contributed by atoms with Crippen molar-refractivity contribution >= 4 is 11.8 Å². The average molecular weight is 447 g/mol. The predicted molar refractivity (Wildman–Crippen MR) is 127 cm³/mol. The quantitative estimate of drug-likeness (QED) is 0.235. The number of aromatic nitrogens is 4. The third-order valence-electron chi connectivity index (χ3n) is 4.98. The molecule has 7 heteroatoms. The molecule has 0 fully saturated rings. The molecule has 32 heavy (non-hydrogen) atoms. The standard InChI is InChI=1S/C25H26N4O2S/c1-5-11-29-23(15-30-21-8-6-7-17(2)13-21)27-28-25(29)32-16-20-14-31-24(26-20)22-10-9-18(3)12-19(22)4/h5-10,12-14H,1,11,15-16H2,2-4H3. The van der Waals surface area contributed by atoms with E-state index in [0.29, 0.717) is 24.8 Å². The van der Waals surface area contributed by atoms with Crippen LogP contribution in [0.25, 0.3) is 11.5 Å². The Hall–Kier alpha value is -3.32. The van der Waals surface area contributed by atoms with Gasteiger partial charge in [0.05, 0.1) is 5.69 Å². The predicted octanol–water partition coefficient (Wildman–Crippen LogP) is 5.92. The summed E-state index contributed by atoms with van der Waals surface area (Å²) in [5, 5.41) is 9.49. The van der Waals surface area contributed by atoms with Crippen molar-refractivity contribution in [1.82, 2.24) is 19.7 Å². The van der Waals surface area contributed by atoms with E-state index in [1.807, 2.05) is 41.8 Å². The Kier molecular flexibility index (Phi) is 6.75. The average Bonchev–Trinajstić information content (AvgIpc) is 3.38. The highest BCUT2D eigenvalue weighted by atomic mass is 32.2. The Morgan fingerprint density at radius 2 is 1.94 bits per heavy atom. The molecular weight excluding hydrogens is 420 g/mol. The molecule has 4 rings (SSSR count).